The maximum absolute atomic E-state index is 13.4. The first-order valence-corrected chi connectivity index (χ1v) is 5.75. The first kappa shape index (κ1) is 14.0. The number of amides is 1. The van der Waals surface area contributed by atoms with Crippen LogP contribution >= 0.6 is 0 Å². The number of aromatic nitrogens is 2. The molecule has 1 aromatic carbocycles. The summed E-state index contributed by atoms with van der Waals surface area (Å²) in [7, 11) is 0. The van der Waals surface area contributed by atoms with E-state index in [1.807, 2.05) is 0 Å². The number of carbonyl (C=O) groups is 1. The second-order valence-electron chi connectivity index (χ2n) is 3.98. The van der Waals surface area contributed by atoms with Crippen molar-refractivity contribution in [2.45, 2.75) is 6.10 Å². The first-order valence-electron chi connectivity index (χ1n) is 5.75. The van der Waals surface area contributed by atoms with Crippen LogP contribution in [-0.4, -0.2) is 27.5 Å². The SMILES string of the molecule is O=C(NC[C@H](O)c1ccc(F)cc1F)c1cnccn1. The molecule has 0 saturated carbocycles. The fraction of sp³-hybridized carbons (Fsp3) is 0.154. The Morgan fingerprint density at radius 3 is 2.80 bits per heavy atom. The number of halogens is 2. The monoisotopic (exact) mass is 279 g/mol. The number of nitrogens with zero attached hydrogens (tertiary/aromatic N) is 2. The van der Waals surface area contributed by atoms with E-state index in [-0.39, 0.29) is 17.8 Å². The van der Waals surface area contributed by atoms with Gasteiger partial charge in [0.05, 0.1) is 12.3 Å². The molecule has 0 aliphatic rings. The van der Waals surface area contributed by atoms with Crippen LogP contribution in [0.25, 0.3) is 0 Å². The second-order valence-corrected chi connectivity index (χ2v) is 3.98. The van der Waals surface area contributed by atoms with Gasteiger partial charge in [0.15, 0.2) is 0 Å². The third-order valence-electron chi connectivity index (χ3n) is 2.57. The molecule has 0 fully saturated rings. The Morgan fingerprint density at radius 2 is 2.15 bits per heavy atom. The van der Waals surface area contributed by atoms with Crippen LogP contribution in [0.3, 0.4) is 0 Å². The van der Waals surface area contributed by atoms with Crippen LogP contribution in [0.4, 0.5) is 8.78 Å². The van der Waals surface area contributed by atoms with E-state index in [1.165, 1.54) is 18.6 Å². The predicted octanol–water partition coefficient (Wildman–Crippen LogP) is 1.22. The van der Waals surface area contributed by atoms with Gasteiger partial charge in [-0.2, -0.15) is 0 Å². The molecule has 0 saturated heterocycles. The molecule has 104 valence electrons. The molecule has 0 unspecified atom stereocenters. The molecule has 1 atom stereocenters. The summed E-state index contributed by atoms with van der Waals surface area (Å²) in [6.07, 6.45) is 2.75. The topological polar surface area (TPSA) is 75.1 Å². The molecule has 1 heterocycles. The van der Waals surface area contributed by atoms with E-state index in [4.69, 9.17) is 0 Å². The number of aliphatic hydroxyl groups is 1. The van der Waals surface area contributed by atoms with Crippen molar-refractivity contribution in [3.63, 3.8) is 0 Å². The summed E-state index contributed by atoms with van der Waals surface area (Å²) < 4.78 is 26.2. The zero-order valence-electron chi connectivity index (χ0n) is 10.3. The number of rotatable bonds is 4. The molecule has 0 bridgehead atoms. The van der Waals surface area contributed by atoms with E-state index in [2.05, 4.69) is 15.3 Å². The smallest absolute Gasteiger partial charge is 0.271 e. The van der Waals surface area contributed by atoms with E-state index in [0.717, 1.165) is 12.1 Å². The largest absolute Gasteiger partial charge is 0.386 e. The van der Waals surface area contributed by atoms with Gasteiger partial charge in [0, 0.05) is 30.6 Å². The standard InChI is InChI=1S/C13H11F2N3O2/c14-8-1-2-9(10(15)5-8)12(19)7-18-13(20)11-6-16-3-4-17-11/h1-6,12,19H,7H2,(H,18,20)/t12-/m0/s1. The highest BCUT2D eigenvalue weighted by molar-refractivity contribution is 5.91. The third-order valence-corrected chi connectivity index (χ3v) is 2.57. The Labute approximate surface area is 113 Å². The van der Waals surface area contributed by atoms with E-state index in [0.29, 0.717) is 6.07 Å². The van der Waals surface area contributed by atoms with E-state index >= 15 is 0 Å². The third kappa shape index (κ3) is 3.33. The summed E-state index contributed by atoms with van der Waals surface area (Å²) in [4.78, 5) is 19.1. The Balaban J connectivity index is 1.98. The molecule has 0 aliphatic carbocycles. The number of hydrogen-bond donors (Lipinski definition) is 2. The molecule has 20 heavy (non-hydrogen) atoms. The van der Waals surface area contributed by atoms with Crippen LogP contribution in [0.1, 0.15) is 22.2 Å². The van der Waals surface area contributed by atoms with E-state index in [1.54, 1.807) is 0 Å². The maximum Gasteiger partial charge on any atom is 0.271 e. The molecule has 2 aromatic rings. The number of aliphatic hydroxyl groups excluding tert-OH is 1. The Kier molecular flexibility index (Phi) is 4.31. The van der Waals surface area contributed by atoms with Crippen molar-refractivity contribution in [1.82, 2.24) is 15.3 Å². The number of nitrogens with one attached hydrogen (secondary N) is 1. The van der Waals surface area contributed by atoms with Crippen LogP contribution in [-0.2, 0) is 0 Å². The quantitative estimate of drug-likeness (QED) is 0.882. The maximum atomic E-state index is 13.4. The number of benzene rings is 1. The van der Waals surface area contributed by atoms with Crippen molar-refractivity contribution in [2.24, 2.45) is 0 Å². The Morgan fingerprint density at radius 1 is 1.35 bits per heavy atom. The molecule has 5 nitrogen and oxygen atoms in total. The van der Waals surface area contributed by atoms with Gasteiger partial charge in [-0.25, -0.2) is 13.8 Å². The van der Waals surface area contributed by atoms with Crippen LogP contribution in [0.15, 0.2) is 36.8 Å². The summed E-state index contributed by atoms with van der Waals surface area (Å²) in [5, 5.41) is 12.2. The van der Waals surface area contributed by atoms with Gasteiger partial charge in [-0.3, -0.25) is 9.78 Å². The second kappa shape index (κ2) is 6.16. The highest BCUT2D eigenvalue weighted by atomic mass is 19.1. The fourth-order valence-corrected chi connectivity index (χ4v) is 1.58. The molecule has 2 N–H and O–H groups in total. The summed E-state index contributed by atoms with van der Waals surface area (Å²) in [5.41, 5.74) is -0.00914. The van der Waals surface area contributed by atoms with Crippen LogP contribution < -0.4 is 5.32 Å². The van der Waals surface area contributed by atoms with Crippen molar-refractivity contribution >= 4 is 5.91 Å². The number of hydrogen-bond acceptors (Lipinski definition) is 4. The van der Waals surface area contributed by atoms with Crippen LogP contribution in [0.2, 0.25) is 0 Å². The highest BCUT2D eigenvalue weighted by Crippen LogP contribution is 2.17. The fourth-order valence-electron chi connectivity index (χ4n) is 1.58. The lowest BCUT2D eigenvalue weighted by molar-refractivity contribution is 0.0908. The normalized spacial score (nSPS) is 11.9. The molecule has 0 radical (unpaired) electrons. The van der Waals surface area contributed by atoms with Gasteiger partial charge in [-0.15, -0.1) is 0 Å². The summed E-state index contributed by atoms with van der Waals surface area (Å²) in [6, 6.07) is 2.83. The minimum Gasteiger partial charge on any atom is -0.386 e. The minimum atomic E-state index is -1.28. The minimum absolute atomic E-state index is 0.0827. The molecule has 0 spiro atoms. The van der Waals surface area contributed by atoms with Gasteiger partial charge in [-0.1, -0.05) is 6.07 Å². The number of carbonyl (C=O) groups excluding carboxylic acids is 1. The van der Waals surface area contributed by atoms with Crippen LogP contribution in [0.5, 0.6) is 0 Å². The lowest BCUT2D eigenvalue weighted by Gasteiger charge is -2.12. The van der Waals surface area contributed by atoms with Gasteiger partial charge in [-0.05, 0) is 6.07 Å². The van der Waals surface area contributed by atoms with Crippen molar-refractivity contribution in [3.05, 3.63) is 59.7 Å². The molecular weight excluding hydrogens is 268 g/mol. The van der Waals surface area contributed by atoms with E-state index in [9.17, 15) is 18.7 Å². The Bertz CT molecular complexity index is 608. The van der Waals surface area contributed by atoms with Crippen molar-refractivity contribution in [3.8, 4) is 0 Å². The zero-order chi connectivity index (χ0) is 14.5. The Hall–Kier alpha value is -2.41. The molecular formula is C13H11F2N3O2. The highest BCUT2D eigenvalue weighted by Gasteiger charge is 2.15. The summed E-state index contributed by atoms with van der Waals surface area (Å²) in [5.74, 6) is -2.15. The van der Waals surface area contributed by atoms with Gasteiger partial charge >= 0.3 is 0 Å². The molecule has 0 aliphatic heterocycles. The van der Waals surface area contributed by atoms with E-state index < -0.39 is 23.6 Å². The van der Waals surface area contributed by atoms with Crippen LogP contribution in [0, 0.1) is 11.6 Å². The molecule has 7 heteroatoms. The predicted molar refractivity (Wildman–Crippen MR) is 65.7 cm³/mol. The summed E-state index contributed by atoms with van der Waals surface area (Å²) in [6.45, 7) is -0.224. The van der Waals surface area contributed by atoms with Gasteiger partial charge in [0.1, 0.15) is 17.3 Å². The van der Waals surface area contributed by atoms with Gasteiger partial charge in [0.25, 0.3) is 5.91 Å². The van der Waals surface area contributed by atoms with Gasteiger partial charge in [0.2, 0.25) is 0 Å². The van der Waals surface area contributed by atoms with Gasteiger partial charge < -0.3 is 10.4 Å². The average Bonchev–Trinajstić information content (AvgIpc) is 2.45. The van der Waals surface area contributed by atoms with Crippen molar-refractivity contribution in [2.75, 3.05) is 6.54 Å². The average molecular weight is 279 g/mol. The molecule has 2 rings (SSSR count). The lowest BCUT2D eigenvalue weighted by Crippen LogP contribution is -2.29. The first-order chi connectivity index (χ1) is 9.58. The summed E-state index contributed by atoms with van der Waals surface area (Å²) >= 11 is 0. The molecule has 1 aromatic heterocycles. The zero-order valence-corrected chi connectivity index (χ0v) is 10.3. The van der Waals surface area contributed by atoms with Crippen molar-refractivity contribution in [1.29, 1.82) is 0 Å². The lowest BCUT2D eigenvalue weighted by atomic mass is 10.1. The van der Waals surface area contributed by atoms with Crippen molar-refractivity contribution < 1.29 is 18.7 Å². The molecule has 1 amide bonds.